The van der Waals surface area contributed by atoms with E-state index in [1.165, 1.54) is 43.9 Å². The van der Waals surface area contributed by atoms with Crippen LogP contribution in [0.4, 0.5) is 16.3 Å². The summed E-state index contributed by atoms with van der Waals surface area (Å²) in [6.45, 7) is 3.40. The Hall–Kier alpha value is -6.60. The number of hydrogen-bond acceptors (Lipinski definition) is 17. The summed E-state index contributed by atoms with van der Waals surface area (Å²) in [4.78, 5) is 107. The number of H-pyrrole nitrogens is 1. The molecule has 3 aliphatic rings. The Morgan fingerprint density at radius 3 is 2.41 bits per heavy atom. The normalized spacial score (nSPS) is 24.3. The van der Waals surface area contributed by atoms with Gasteiger partial charge in [-0.05, 0) is 36.6 Å². The number of amides is 6. The van der Waals surface area contributed by atoms with Crippen LogP contribution < -0.4 is 26.6 Å². The van der Waals surface area contributed by atoms with Gasteiger partial charge >= 0.3 is 6.09 Å². The summed E-state index contributed by atoms with van der Waals surface area (Å²) in [6.07, 6.45) is -3.38. The largest absolute Gasteiger partial charge is 0.445 e. The number of aliphatic hydroxyl groups excluding tert-OH is 4. The lowest BCUT2D eigenvalue weighted by atomic mass is 9.95. The molecule has 6 amide bonds. The number of Topliss-reactive ketones (excluding diaryl/α,β-unsaturated/α-hetero) is 1. The van der Waals surface area contributed by atoms with Gasteiger partial charge in [0.1, 0.15) is 61.1 Å². The zero-order valence-electron chi connectivity index (χ0n) is 34.3. The Kier molecular flexibility index (Phi) is 14.6. The first kappa shape index (κ1) is 45.9. The van der Waals surface area contributed by atoms with Gasteiger partial charge in [-0.1, -0.05) is 26.0 Å². The van der Waals surface area contributed by atoms with Gasteiger partial charge in [0.2, 0.25) is 29.5 Å². The van der Waals surface area contributed by atoms with E-state index in [1.807, 2.05) is 0 Å². The molecule has 3 aromatic rings. The number of nitrogens with one attached hydrogen (secondary N) is 6. The van der Waals surface area contributed by atoms with Crippen LogP contribution in [-0.2, 0) is 44.8 Å². The van der Waals surface area contributed by atoms with Crippen molar-refractivity contribution in [3.8, 4) is 0 Å². The molecular formula is C39H49N11O13. The molecule has 2 fully saturated rings. The molecule has 2 aromatic heterocycles. The van der Waals surface area contributed by atoms with Crippen LogP contribution in [0.2, 0.25) is 0 Å². The molecular weight excluding hydrogens is 830 g/mol. The molecule has 1 unspecified atom stereocenters. The van der Waals surface area contributed by atoms with Gasteiger partial charge in [0.05, 0.1) is 25.5 Å². The van der Waals surface area contributed by atoms with E-state index in [9.17, 15) is 54.0 Å². The van der Waals surface area contributed by atoms with E-state index in [0.29, 0.717) is 22.4 Å². The Balaban J connectivity index is 0.963. The van der Waals surface area contributed by atoms with E-state index in [2.05, 4.69) is 46.5 Å². The minimum Gasteiger partial charge on any atom is -0.445 e. The number of carbonyl (C=O) groups is 7. The fourth-order valence-electron chi connectivity index (χ4n) is 7.08. The first-order valence-electron chi connectivity index (χ1n) is 20.0. The number of imidazole rings is 1. The average Bonchev–Trinajstić information content (AvgIpc) is 3.99. The average molecular weight is 880 g/mol. The third-order valence-corrected chi connectivity index (χ3v) is 10.6. The Morgan fingerprint density at radius 2 is 1.73 bits per heavy atom. The second-order valence-corrected chi connectivity index (χ2v) is 15.5. The predicted octanol–water partition coefficient (Wildman–Crippen LogP) is -2.64. The number of ketones is 1. The monoisotopic (exact) mass is 879 g/mol. The van der Waals surface area contributed by atoms with Crippen LogP contribution in [0.15, 0.2) is 49.1 Å². The van der Waals surface area contributed by atoms with Crippen LogP contribution in [0.5, 0.6) is 0 Å². The summed E-state index contributed by atoms with van der Waals surface area (Å²) in [7, 11) is 0. The number of carbonyl (C=O) groups excluding carboxylic acids is 7. The summed E-state index contributed by atoms with van der Waals surface area (Å²) in [6, 6.07) is 1.43. The second kappa shape index (κ2) is 20.1. The molecule has 24 nitrogen and oxygen atoms in total. The van der Waals surface area contributed by atoms with Crippen molar-refractivity contribution in [3.05, 3.63) is 54.6 Å². The summed E-state index contributed by atoms with van der Waals surface area (Å²) in [5, 5.41) is 55.1. The number of rotatable bonds is 16. The molecule has 3 aliphatic heterocycles. The first-order valence-corrected chi connectivity index (χ1v) is 20.0. The summed E-state index contributed by atoms with van der Waals surface area (Å²) in [5.41, 5.74) is 1.53. The third-order valence-electron chi connectivity index (χ3n) is 10.6. The molecule has 0 spiro atoms. The van der Waals surface area contributed by atoms with Gasteiger partial charge in [0, 0.05) is 31.1 Å². The molecule has 24 heteroatoms. The fourth-order valence-corrected chi connectivity index (χ4v) is 7.08. The van der Waals surface area contributed by atoms with Crippen molar-refractivity contribution in [3.63, 3.8) is 0 Å². The lowest BCUT2D eigenvalue weighted by Crippen LogP contribution is -2.67. The topological polar surface area (TPSA) is 340 Å². The van der Waals surface area contributed by atoms with E-state index in [4.69, 9.17) is 9.47 Å². The lowest BCUT2D eigenvalue weighted by Gasteiger charge is -2.43. The number of anilines is 2. The molecule has 0 bridgehead atoms. The maximum Gasteiger partial charge on any atom is 0.411 e. The minimum atomic E-state index is -1.68. The molecule has 1 aromatic carbocycles. The molecule has 10 N–H and O–H groups in total. The van der Waals surface area contributed by atoms with Crippen molar-refractivity contribution < 1.29 is 63.5 Å². The van der Waals surface area contributed by atoms with Gasteiger partial charge in [0.15, 0.2) is 23.5 Å². The molecule has 9 atom stereocenters. The highest BCUT2D eigenvalue weighted by atomic mass is 16.6. The number of nitrogens with zero attached hydrogens (tertiary/aromatic N) is 5. The Labute approximate surface area is 358 Å². The van der Waals surface area contributed by atoms with E-state index < -0.39 is 109 Å². The predicted molar refractivity (Wildman–Crippen MR) is 216 cm³/mol. The van der Waals surface area contributed by atoms with Crippen molar-refractivity contribution in [1.29, 1.82) is 0 Å². The zero-order valence-corrected chi connectivity index (χ0v) is 34.3. The van der Waals surface area contributed by atoms with Crippen LogP contribution >= 0.6 is 0 Å². The molecule has 5 heterocycles. The van der Waals surface area contributed by atoms with Crippen LogP contribution in [0.3, 0.4) is 0 Å². The lowest BCUT2D eigenvalue weighted by molar-refractivity contribution is -0.185. The van der Waals surface area contributed by atoms with Gasteiger partial charge in [-0.25, -0.2) is 19.7 Å². The third kappa shape index (κ3) is 10.9. The number of aromatic nitrogens is 4. The first-order chi connectivity index (χ1) is 30.0. The molecule has 0 aliphatic carbocycles. The van der Waals surface area contributed by atoms with E-state index in [0.717, 1.165) is 9.80 Å². The maximum atomic E-state index is 13.5. The summed E-state index contributed by atoms with van der Waals surface area (Å²) in [5.74, 6) is -3.60. The molecule has 6 rings (SSSR count). The second-order valence-electron chi connectivity index (χ2n) is 15.5. The molecule has 2 saturated heterocycles. The fraction of sp³-hybridized carbons (Fsp3) is 0.487. The molecule has 0 radical (unpaired) electrons. The van der Waals surface area contributed by atoms with Gasteiger partial charge in [-0.2, -0.15) is 0 Å². The van der Waals surface area contributed by atoms with Crippen molar-refractivity contribution in [1.82, 2.24) is 45.7 Å². The maximum absolute atomic E-state index is 13.5. The van der Waals surface area contributed by atoms with Crippen molar-refractivity contribution in [2.45, 2.75) is 95.2 Å². The van der Waals surface area contributed by atoms with E-state index >= 15 is 0 Å². The van der Waals surface area contributed by atoms with Crippen LogP contribution in [0.25, 0.3) is 11.2 Å². The summed E-state index contributed by atoms with van der Waals surface area (Å²) >= 11 is 0. The smallest absolute Gasteiger partial charge is 0.411 e. The highest BCUT2D eigenvalue weighted by molar-refractivity contribution is 5.99. The van der Waals surface area contributed by atoms with Gasteiger partial charge in [-0.15, -0.1) is 0 Å². The number of aliphatic hydroxyl groups is 4. The van der Waals surface area contributed by atoms with Crippen molar-refractivity contribution >= 4 is 64.1 Å². The molecule has 0 saturated carbocycles. The zero-order chi connectivity index (χ0) is 45.5. The number of hydrogen-bond donors (Lipinski definition) is 10. The Bertz CT molecular complexity index is 2220. The molecule has 338 valence electrons. The van der Waals surface area contributed by atoms with Gasteiger partial charge in [0.25, 0.3) is 0 Å². The van der Waals surface area contributed by atoms with Crippen molar-refractivity contribution in [2.24, 2.45) is 5.92 Å². The standard InChI is InChI=1S/C39H49N11O13/c1-18(2)28(46-25(53)10-11-49-26(54)8-9-27(49)55)37(60)44-19(3)35(58)45-21-6-4-20(5-7-21)15-62-39(61)50-13-22(52)12-23(50)36(59)47-29-24(14-51)63-38(32(57)31(29)56)48-34-30-33(41-16-40-30)42-17-43-34/h4-9,16-19,23-24,26,28-29,31-32,38,51,54,56-57H,10-15H2,1-3H3,(H,44,60)(H,45,58)(H,46,53)(H,47,59)(H2,40,41,42,43,48)/t19-,23+,24-,26?,28-,29-,31+,32-,38-/m0/s1. The highest BCUT2D eigenvalue weighted by Crippen LogP contribution is 2.26. The van der Waals surface area contributed by atoms with E-state index in [-0.39, 0.29) is 37.7 Å². The highest BCUT2D eigenvalue weighted by Gasteiger charge is 2.48. The van der Waals surface area contributed by atoms with Crippen LogP contribution in [-0.4, -0.2) is 166 Å². The summed E-state index contributed by atoms with van der Waals surface area (Å²) < 4.78 is 11.2. The van der Waals surface area contributed by atoms with Crippen molar-refractivity contribution in [2.75, 3.05) is 30.3 Å². The Morgan fingerprint density at radius 1 is 0.984 bits per heavy atom. The number of fused-ring (bicyclic) bond motifs is 1. The minimum absolute atomic E-state index is 0.0577. The number of ether oxygens (including phenoxy) is 2. The van der Waals surface area contributed by atoms with Crippen LogP contribution in [0.1, 0.15) is 39.2 Å². The molecule has 63 heavy (non-hydrogen) atoms. The number of benzene rings is 1. The van der Waals surface area contributed by atoms with E-state index in [1.54, 1.807) is 26.0 Å². The van der Waals surface area contributed by atoms with Crippen LogP contribution in [0, 0.1) is 5.92 Å². The van der Waals surface area contributed by atoms with Gasteiger partial charge < -0.3 is 66.4 Å². The number of aromatic amines is 1. The number of likely N-dealkylation sites (tertiary alicyclic amines) is 1. The SMILES string of the molecule is CC(C)[C@H](NC(=O)CCN1C(=O)C=CC1O)C(=O)N[C@@H](C)C(=O)Nc1ccc(COC(=O)N2CC(=O)C[C@@H]2C(=O)N[C@@H]2[C@@H](O)[C@H](O)[C@@H](Nc3ncnc4nc[nH]c34)O[C@H]2CO)cc1. The quantitative estimate of drug-likeness (QED) is 0.0703. The van der Waals surface area contributed by atoms with Gasteiger partial charge in [-0.3, -0.25) is 33.7 Å².